The summed E-state index contributed by atoms with van der Waals surface area (Å²) in [6.07, 6.45) is 6.25. The van der Waals surface area contributed by atoms with Crippen molar-refractivity contribution in [3.63, 3.8) is 0 Å². The van der Waals surface area contributed by atoms with Crippen LogP contribution < -0.4 is 0 Å². The summed E-state index contributed by atoms with van der Waals surface area (Å²) in [5, 5.41) is 24.1. The van der Waals surface area contributed by atoms with Crippen LogP contribution in [0.2, 0.25) is 0 Å². The molecule has 216 valence electrons. The maximum atomic E-state index is 9.88. The standard InChI is InChI=1S/C44H28O2/c45-29-19-13-27(14-20-29)17-23-33-31-7-1-2-8-32(31)34(24-18-28-15-21-30(46)22-16-28)40-26-42-41(25-39(33)40)43-35-9-3-5-11-37(35)44(42)38-12-6-4-10-36(38)43/h1-15,19-22,25-26,28,43-46H,16H2. The van der Waals surface area contributed by atoms with Gasteiger partial charge in [-0.3, -0.25) is 0 Å². The Kier molecular flexibility index (Phi) is 5.92. The average molecular weight is 589 g/mol. The van der Waals surface area contributed by atoms with E-state index in [1.807, 2.05) is 24.3 Å². The third-order valence-corrected chi connectivity index (χ3v) is 9.75. The molecule has 0 spiro atoms. The smallest absolute Gasteiger partial charge is 0.115 e. The number of fused-ring (bicyclic) bond motifs is 2. The maximum Gasteiger partial charge on any atom is 0.115 e. The molecule has 4 aliphatic carbocycles. The second kappa shape index (κ2) is 10.3. The minimum absolute atomic E-state index is 0.0334. The fourth-order valence-corrected chi connectivity index (χ4v) is 7.66. The lowest BCUT2D eigenvalue weighted by molar-refractivity contribution is 0.424. The van der Waals surface area contributed by atoms with Crippen molar-refractivity contribution in [3.8, 4) is 29.4 Å². The molecule has 2 heteroatoms. The Morgan fingerprint density at radius 3 is 1.57 bits per heavy atom. The van der Waals surface area contributed by atoms with Crippen LogP contribution in [0.25, 0.3) is 21.5 Å². The Balaban J connectivity index is 1.35. The van der Waals surface area contributed by atoms with Crippen molar-refractivity contribution in [1.29, 1.82) is 0 Å². The highest BCUT2D eigenvalue weighted by atomic mass is 16.3. The summed E-state index contributed by atoms with van der Waals surface area (Å²) in [4.78, 5) is 0. The first-order valence-electron chi connectivity index (χ1n) is 15.7. The van der Waals surface area contributed by atoms with Crippen molar-refractivity contribution in [2.45, 2.75) is 18.3 Å². The third kappa shape index (κ3) is 4.08. The third-order valence-electron chi connectivity index (χ3n) is 9.75. The van der Waals surface area contributed by atoms with Gasteiger partial charge in [0, 0.05) is 34.4 Å². The Hall–Kier alpha value is -5.96. The first-order chi connectivity index (χ1) is 22.6. The molecule has 1 unspecified atom stereocenters. The van der Waals surface area contributed by atoms with Gasteiger partial charge < -0.3 is 10.2 Å². The van der Waals surface area contributed by atoms with E-state index < -0.39 is 0 Å². The topological polar surface area (TPSA) is 40.5 Å². The highest BCUT2D eigenvalue weighted by Crippen LogP contribution is 2.56. The van der Waals surface area contributed by atoms with Crippen molar-refractivity contribution in [3.05, 3.63) is 183 Å². The molecule has 1 atom stereocenters. The molecule has 0 heterocycles. The molecule has 6 aromatic rings. The van der Waals surface area contributed by atoms with Crippen LogP contribution in [0, 0.1) is 29.6 Å². The molecule has 0 aromatic heterocycles. The molecule has 10 rings (SSSR count). The molecule has 4 aliphatic rings. The molecule has 6 aromatic carbocycles. The molecule has 2 N–H and O–H groups in total. The highest BCUT2D eigenvalue weighted by Gasteiger charge is 2.41. The van der Waals surface area contributed by atoms with E-state index >= 15 is 0 Å². The number of phenolic OH excluding ortho intramolecular Hbond substituents is 1. The number of hydrogen-bond acceptors (Lipinski definition) is 2. The summed E-state index contributed by atoms with van der Waals surface area (Å²) in [6, 6.07) is 38.1. The fraction of sp³-hybridized carbons (Fsp3) is 0.0909. The minimum Gasteiger partial charge on any atom is -0.508 e. The summed E-state index contributed by atoms with van der Waals surface area (Å²) >= 11 is 0. The second-order valence-electron chi connectivity index (χ2n) is 12.3. The zero-order chi connectivity index (χ0) is 30.8. The van der Waals surface area contributed by atoms with Crippen LogP contribution in [-0.4, -0.2) is 10.2 Å². The van der Waals surface area contributed by atoms with Gasteiger partial charge in [0.05, 0.1) is 0 Å². The van der Waals surface area contributed by atoms with Gasteiger partial charge in [-0.25, -0.2) is 0 Å². The largest absolute Gasteiger partial charge is 0.508 e. The number of rotatable bonds is 0. The zero-order valence-electron chi connectivity index (χ0n) is 25.0. The first-order valence-corrected chi connectivity index (χ1v) is 15.7. The Morgan fingerprint density at radius 1 is 0.522 bits per heavy atom. The van der Waals surface area contributed by atoms with Crippen molar-refractivity contribution in [2.24, 2.45) is 5.92 Å². The quantitative estimate of drug-likeness (QED) is 0.137. The fourth-order valence-electron chi connectivity index (χ4n) is 7.66. The van der Waals surface area contributed by atoms with E-state index in [0.29, 0.717) is 12.2 Å². The maximum absolute atomic E-state index is 9.88. The lowest BCUT2D eigenvalue weighted by Crippen LogP contribution is -2.27. The molecule has 0 radical (unpaired) electrons. The van der Waals surface area contributed by atoms with Crippen LogP contribution in [0.1, 0.15) is 68.3 Å². The Bertz CT molecular complexity index is 2390. The molecule has 0 saturated carbocycles. The summed E-state index contributed by atoms with van der Waals surface area (Å²) in [5.74, 6) is 15.0. The van der Waals surface area contributed by atoms with Crippen LogP contribution in [0.5, 0.6) is 5.75 Å². The minimum atomic E-state index is 0.0334. The monoisotopic (exact) mass is 588 g/mol. The highest BCUT2D eigenvalue weighted by molar-refractivity contribution is 6.10. The predicted octanol–water partition coefficient (Wildman–Crippen LogP) is 9.46. The van der Waals surface area contributed by atoms with Gasteiger partial charge in [0.15, 0.2) is 0 Å². The normalized spacial score (nSPS) is 18.4. The lowest BCUT2D eigenvalue weighted by atomic mass is 9.60. The summed E-state index contributed by atoms with van der Waals surface area (Å²) in [5.41, 5.74) is 11.1. The number of aliphatic hydroxyl groups excluding tert-OH is 1. The number of aromatic hydroxyl groups is 1. The van der Waals surface area contributed by atoms with Gasteiger partial charge in [-0.05, 0) is 110 Å². The average Bonchev–Trinajstić information content (AvgIpc) is 3.10. The van der Waals surface area contributed by atoms with Gasteiger partial charge in [0.25, 0.3) is 0 Å². The molecule has 2 bridgehead atoms. The molecular formula is C44H28O2. The van der Waals surface area contributed by atoms with Crippen molar-refractivity contribution in [2.75, 3.05) is 0 Å². The van der Waals surface area contributed by atoms with Crippen molar-refractivity contribution >= 4 is 21.5 Å². The molecule has 46 heavy (non-hydrogen) atoms. The summed E-state index contributed by atoms with van der Waals surface area (Å²) in [7, 11) is 0. The van der Waals surface area contributed by atoms with E-state index in [1.54, 1.807) is 18.2 Å². The summed E-state index contributed by atoms with van der Waals surface area (Å²) < 4.78 is 0. The first kappa shape index (κ1) is 26.4. The molecule has 2 nitrogen and oxygen atoms in total. The van der Waals surface area contributed by atoms with Crippen LogP contribution in [0.4, 0.5) is 0 Å². The summed E-state index contributed by atoms with van der Waals surface area (Å²) in [6.45, 7) is 0. The van der Waals surface area contributed by atoms with Gasteiger partial charge in [-0.15, -0.1) is 0 Å². The SMILES string of the molecule is OC1=CCC(C#Cc2c3ccccc3c(C#Cc3ccc(O)cc3)c3cc4c(cc23)C2c3ccccc3C4c3ccccc32)C=C1. The molecule has 0 aliphatic heterocycles. The van der Waals surface area contributed by atoms with Crippen LogP contribution in [-0.2, 0) is 0 Å². The Labute approximate surface area is 268 Å². The van der Waals surface area contributed by atoms with Crippen molar-refractivity contribution in [1.82, 2.24) is 0 Å². The molecule has 0 saturated heterocycles. The number of benzene rings is 6. The van der Waals surface area contributed by atoms with Gasteiger partial charge in [0.2, 0.25) is 0 Å². The van der Waals surface area contributed by atoms with E-state index in [-0.39, 0.29) is 23.5 Å². The van der Waals surface area contributed by atoms with E-state index in [2.05, 4.69) is 109 Å². The molecule has 0 fully saturated rings. The van der Waals surface area contributed by atoms with E-state index in [4.69, 9.17) is 0 Å². The zero-order valence-corrected chi connectivity index (χ0v) is 25.0. The second-order valence-corrected chi connectivity index (χ2v) is 12.3. The van der Waals surface area contributed by atoms with Crippen LogP contribution in [0.15, 0.2) is 133 Å². The Morgan fingerprint density at radius 2 is 1.04 bits per heavy atom. The van der Waals surface area contributed by atoms with Gasteiger partial charge in [-0.2, -0.15) is 0 Å². The van der Waals surface area contributed by atoms with Crippen molar-refractivity contribution < 1.29 is 10.2 Å². The van der Waals surface area contributed by atoms with E-state index in [0.717, 1.165) is 38.2 Å². The van der Waals surface area contributed by atoms with Gasteiger partial charge in [-0.1, -0.05) is 103 Å². The number of aliphatic hydroxyl groups is 1. The number of hydrogen-bond donors (Lipinski definition) is 2. The molecule has 0 amide bonds. The van der Waals surface area contributed by atoms with E-state index in [9.17, 15) is 10.2 Å². The van der Waals surface area contributed by atoms with Gasteiger partial charge >= 0.3 is 0 Å². The van der Waals surface area contributed by atoms with Crippen LogP contribution in [0.3, 0.4) is 0 Å². The number of allylic oxidation sites excluding steroid dienone is 3. The van der Waals surface area contributed by atoms with Gasteiger partial charge in [0.1, 0.15) is 11.5 Å². The predicted molar refractivity (Wildman–Crippen MR) is 185 cm³/mol. The lowest BCUT2D eigenvalue weighted by Gasteiger charge is -2.42. The molecular weight excluding hydrogens is 560 g/mol. The van der Waals surface area contributed by atoms with E-state index in [1.165, 1.54) is 33.4 Å². The van der Waals surface area contributed by atoms with Crippen LogP contribution >= 0.6 is 0 Å². The number of phenols is 1.